The zero-order valence-corrected chi connectivity index (χ0v) is 12.3. The van der Waals surface area contributed by atoms with Gasteiger partial charge in [-0.25, -0.2) is 0 Å². The normalized spacial score (nSPS) is 19.3. The summed E-state index contributed by atoms with van der Waals surface area (Å²) in [5, 5.41) is 0.833. The molecule has 2 N–H and O–H groups in total. The van der Waals surface area contributed by atoms with Crippen molar-refractivity contribution in [1.29, 1.82) is 0 Å². The molecule has 0 aromatic heterocycles. The molecule has 1 aliphatic rings. The van der Waals surface area contributed by atoms with Gasteiger partial charge >= 0.3 is 0 Å². The highest BCUT2D eigenvalue weighted by Gasteiger charge is 2.27. The largest absolute Gasteiger partial charge is 0.391 e. The molecule has 1 atom stereocenters. The third-order valence-corrected chi connectivity index (χ3v) is 3.66. The first-order chi connectivity index (χ1) is 8.99. The first-order valence-corrected chi connectivity index (χ1v) is 6.80. The summed E-state index contributed by atoms with van der Waals surface area (Å²) in [6.07, 6.45) is -0.411. The highest BCUT2D eigenvalue weighted by molar-refractivity contribution is 7.80. The van der Waals surface area contributed by atoms with Crippen LogP contribution in [0.2, 0.25) is 10.0 Å². The van der Waals surface area contributed by atoms with Crippen molar-refractivity contribution in [2.75, 3.05) is 19.7 Å². The minimum Gasteiger partial charge on any atom is -0.391 e. The summed E-state index contributed by atoms with van der Waals surface area (Å²) in [6, 6.07) is 4.79. The van der Waals surface area contributed by atoms with Crippen LogP contribution in [0.15, 0.2) is 18.2 Å². The van der Waals surface area contributed by atoms with Crippen molar-refractivity contribution in [3.63, 3.8) is 0 Å². The number of thiocarbonyl (C=S) groups is 1. The Kier molecular flexibility index (Phi) is 4.62. The Morgan fingerprint density at radius 3 is 2.89 bits per heavy atom. The summed E-state index contributed by atoms with van der Waals surface area (Å²) in [7, 11) is 0. The van der Waals surface area contributed by atoms with Crippen LogP contribution in [-0.4, -0.2) is 41.6 Å². The average molecular weight is 319 g/mol. The van der Waals surface area contributed by atoms with Crippen molar-refractivity contribution in [2.45, 2.75) is 6.10 Å². The summed E-state index contributed by atoms with van der Waals surface area (Å²) < 4.78 is 5.39. The molecule has 2 rings (SSSR count). The van der Waals surface area contributed by atoms with E-state index in [0.29, 0.717) is 35.3 Å². The van der Waals surface area contributed by atoms with E-state index in [2.05, 4.69) is 0 Å². The lowest BCUT2D eigenvalue weighted by molar-refractivity contribution is 0.00879. The minimum absolute atomic E-state index is 0.197. The van der Waals surface area contributed by atoms with E-state index in [1.165, 1.54) is 0 Å². The SMILES string of the molecule is NC(=S)C1CN(C(=O)c2cc(Cl)ccc2Cl)CCO1. The van der Waals surface area contributed by atoms with Gasteiger partial charge in [-0.05, 0) is 18.2 Å². The van der Waals surface area contributed by atoms with Crippen LogP contribution in [-0.2, 0) is 4.74 Å². The number of ether oxygens (including phenoxy) is 1. The predicted molar refractivity (Wildman–Crippen MR) is 78.9 cm³/mol. The monoisotopic (exact) mass is 318 g/mol. The van der Waals surface area contributed by atoms with Gasteiger partial charge in [0.15, 0.2) is 0 Å². The molecule has 0 bridgehead atoms. The molecule has 1 aromatic rings. The predicted octanol–water partition coefficient (Wildman–Crippen LogP) is 2.12. The molecule has 1 unspecified atom stereocenters. The fourth-order valence-corrected chi connectivity index (χ4v) is 2.35. The van der Waals surface area contributed by atoms with E-state index in [9.17, 15) is 4.79 Å². The van der Waals surface area contributed by atoms with Crippen LogP contribution in [0.5, 0.6) is 0 Å². The molecule has 1 heterocycles. The standard InChI is InChI=1S/C12H12Cl2N2O2S/c13-7-1-2-9(14)8(5-7)12(17)16-3-4-18-10(6-16)11(15)19/h1-2,5,10H,3-4,6H2,(H2,15,19). The van der Waals surface area contributed by atoms with Crippen LogP contribution in [0.3, 0.4) is 0 Å². The molecule has 7 heteroatoms. The Bertz CT molecular complexity index is 524. The topological polar surface area (TPSA) is 55.6 Å². The van der Waals surface area contributed by atoms with Gasteiger partial charge < -0.3 is 15.4 Å². The van der Waals surface area contributed by atoms with Gasteiger partial charge in [0, 0.05) is 11.6 Å². The maximum Gasteiger partial charge on any atom is 0.255 e. The molecule has 102 valence electrons. The summed E-state index contributed by atoms with van der Waals surface area (Å²) in [6.45, 7) is 1.20. The number of rotatable bonds is 2. The van der Waals surface area contributed by atoms with Gasteiger partial charge in [0.25, 0.3) is 5.91 Å². The van der Waals surface area contributed by atoms with Crippen molar-refractivity contribution in [2.24, 2.45) is 5.73 Å². The van der Waals surface area contributed by atoms with E-state index in [1.807, 2.05) is 0 Å². The molecule has 19 heavy (non-hydrogen) atoms. The van der Waals surface area contributed by atoms with Gasteiger partial charge in [0.05, 0.1) is 23.7 Å². The van der Waals surface area contributed by atoms with Crippen molar-refractivity contribution < 1.29 is 9.53 Å². The first-order valence-electron chi connectivity index (χ1n) is 5.64. The van der Waals surface area contributed by atoms with E-state index in [-0.39, 0.29) is 10.9 Å². The number of carbonyl (C=O) groups is 1. The number of hydrogen-bond donors (Lipinski definition) is 1. The van der Waals surface area contributed by atoms with Gasteiger partial charge in [-0.3, -0.25) is 4.79 Å². The van der Waals surface area contributed by atoms with Crippen molar-refractivity contribution in [3.05, 3.63) is 33.8 Å². The van der Waals surface area contributed by atoms with Crippen LogP contribution in [0, 0.1) is 0 Å². The van der Waals surface area contributed by atoms with Gasteiger partial charge in [0.1, 0.15) is 11.1 Å². The van der Waals surface area contributed by atoms with Crippen molar-refractivity contribution in [3.8, 4) is 0 Å². The number of halogens is 2. The molecule has 0 aliphatic carbocycles. The lowest BCUT2D eigenvalue weighted by atomic mass is 10.1. The molecule has 1 aliphatic heterocycles. The molecular formula is C12H12Cl2N2O2S. The van der Waals surface area contributed by atoms with Crippen LogP contribution in [0.4, 0.5) is 0 Å². The second-order valence-electron chi connectivity index (χ2n) is 4.14. The number of hydrogen-bond acceptors (Lipinski definition) is 3. The van der Waals surface area contributed by atoms with Crippen molar-refractivity contribution >= 4 is 46.3 Å². The van der Waals surface area contributed by atoms with E-state index >= 15 is 0 Å². The Hall–Kier alpha value is -0.880. The van der Waals surface area contributed by atoms with Crippen LogP contribution >= 0.6 is 35.4 Å². The number of morpholine rings is 1. The average Bonchev–Trinajstić information content (AvgIpc) is 2.41. The summed E-state index contributed by atoms with van der Waals surface area (Å²) in [5.74, 6) is -0.197. The number of nitrogens with two attached hydrogens (primary N) is 1. The fraction of sp³-hybridized carbons (Fsp3) is 0.333. The number of carbonyl (C=O) groups excluding carboxylic acids is 1. The molecule has 1 fully saturated rings. The molecule has 1 amide bonds. The van der Waals surface area contributed by atoms with Crippen LogP contribution in [0.25, 0.3) is 0 Å². The van der Waals surface area contributed by atoms with Gasteiger partial charge in [-0.2, -0.15) is 0 Å². The van der Waals surface area contributed by atoms with Gasteiger partial charge in [-0.1, -0.05) is 35.4 Å². The summed E-state index contributed by atoms with van der Waals surface area (Å²) in [4.78, 5) is 14.2. The van der Waals surface area contributed by atoms with Gasteiger partial charge in [0.2, 0.25) is 0 Å². The highest BCUT2D eigenvalue weighted by Crippen LogP contribution is 2.23. The van der Waals surface area contributed by atoms with E-state index in [1.54, 1.807) is 23.1 Å². The fourth-order valence-electron chi connectivity index (χ4n) is 1.84. The lowest BCUT2D eigenvalue weighted by Crippen LogP contribution is -2.50. The third-order valence-electron chi connectivity index (χ3n) is 2.83. The van der Waals surface area contributed by atoms with E-state index < -0.39 is 6.10 Å². The lowest BCUT2D eigenvalue weighted by Gasteiger charge is -2.32. The second kappa shape index (κ2) is 6.05. The minimum atomic E-state index is -0.411. The summed E-state index contributed by atoms with van der Waals surface area (Å²) in [5.41, 5.74) is 5.92. The van der Waals surface area contributed by atoms with Crippen LogP contribution < -0.4 is 5.73 Å². The molecular weight excluding hydrogens is 307 g/mol. The Morgan fingerprint density at radius 1 is 1.47 bits per heavy atom. The molecule has 1 saturated heterocycles. The molecule has 0 saturated carbocycles. The Labute approximate surface area is 126 Å². The molecule has 0 spiro atoms. The first kappa shape index (κ1) is 14.5. The number of benzene rings is 1. The highest BCUT2D eigenvalue weighted by atomic mass is 35.5. The Morgan fingerprint density at radius 2 is 2.21 bits per heavy atom. The number of nitrogens with zero attached hydrogens (tertiary/aromatic N) is 1. The van der Waals surface area contributed by atoms with Gasteiger partial charge in [-0.15, -0.1) is 0 Å². The zero-order chi connectivity index (χ0) is 14.0. The van der Waals surface area contributed by atoms with Crippen LogP contribution in [0.1, 0.15) is 10.4 Å². The third kappa shape index (κ3) is 3.36. The quantitative estimate of drug-likeness (QED) is 0.849. The van der Waals surface area contributed by atoms with E-state index in [4.69, 9.17) is 45.9 Å². The smallest absolute Gasteiger partial charge is 0.255 e. The summed E-state index contributed by atoms with van der Waals surface area (Å²) >= 11 is 16.8. The molecule has 0 radical (unpaired) electrons. The Balaban J connectivity index is 2.19. The molecule has 1 aromatic carbocycles. The zero-order valence-electron chi connectivity index (χ0n) is 9.94. The molecule has 4 nitrogen and oxygen atoms in total. The maximum absolute atomic E-state index is 12.4. The second-order valence-corrected chi connectivity index (χ2v) is 5.45. The van der Waals surface area contributed by atoms with E-state index in [0.717, 1.165) is 0 Å². The maximum atomic E-state index is 12.4. The van der Waals surface area contributed by atoms with Crippen molar-refractivity contribution in [1.82, 2.24) is 4.90 Å². The number of amides is 1.